The fraction of sp³-hybridized carbons (Fsp3) is 0.231. The first kappa shape index (κ1) is 25.6. The van der Waals surface area contributed by atoms with E-state index in [0.29, 0.717) is 16.3 Å². The van der Waals surface area contributed by atoms with E-state index in [1.807, 2.05) is 32.0 Å². The van der Waals surface area contributed by atoms with Crippen LogP contribution in [0.25, 0.3) is 0 Å². The molecule has 0 aliphatic rings. The summed E-state index contributed by atoms with van der Waals surface area (Å²) >= 11 is 1.30. The number of thiophene rings is 1. The second kappa shape index (κ2) is 11.4. The SMILES string of the molecule is Cc1cccc(C)c1NC(=O)CN(C)C(=O)COC(=O)c1ccccc1N(C)C(=O)c1cccs1. The molecule has 0 aliphatic carbocycles. The lowest BCUT2D eigenvalue weighted by molar-refractivity contribution is -0.136. The van der Waals surface area contributed by atoms with Gasteiger partial charge in [-0.25, -0.2) is 4.79 Å². The number of benzene rings is 2. The minimum atomic E-state index is -0.742. The van der Waals surface area contributed by atoms with Crippen LogP contribution in [0.15, 0.2) is 60.0 Å². The number of anilines is 2. The maximum absolute atomic E-state index is 12.7. The molecule has 8 nitrogen and oxygen atoms in total. The molecule has 1 N–H and O–H groups in total. The Morgan fingerprint density at radius 3 is 2.26 bits per heavy atom. The Morgan fingerprint density at radius 1 is 0.914 bits per heavy atom. The number of carbonyl (C=O) groups excluding carboxylic acids is 4. The van der Waals surface area contributed by atoms with Crippen molar-refractivity contribution in [2.45, 2.75) is 13.8 Å². The molecule has 0 bridgehead atoms. The van der Waals surface area contributed by atoms with Crippen LogP contribution in [-0.2, 0) is 14.3 Å². The second-order valence-corrected chi connectivity index (χ2v) is 8.95. The van der Waals surface area contributed by atoms with Gasteiger partial charge < -0.3 is 19.9 Å². The summed E-state index contributed by atoms with van der Waals surface area (Å²) in [5.41, 5.74) is 3.07. The standard InChI is InChI=1S/C26H27N3O5S/c1-17-9-7-10-18(2)24(17)27-22(30)15-28(3)23(31)16-34-26(33)19-11-5-6-12-20(19)29(4)25(32)21-13-8-14-35-21/h5-14H,15-16H2,1-4H3,(H,27,30). The number of nitrogens with zero attached hydrogens (tertiary/aromatic N) is 2. The summed E-state index contributed by atoms with van der Waals surface area (Å²) in [6.07, 6.45) is 0. The maximum atomic E-state index is 12.7. The summed E-state index contributed by atoms with van der Waals surface area (Å²) < 4.78 is 5.21. The van der Waals surface area contributed by atoms with Crippen LogP contribution in [0.3, 0.4) is 0 Å². The van der Waals surface area contributed by atoms with E-state index < -0.39 is 18.5 Å². The molecule has 0 aliphatic heterocycles. The molecule has 1 aromatic heterocycles. The van der Waals surface area contributed by atoms with Crippen molar-refractivity contribution in [1.82, 2.24) is 4.90 Å². The summed E-state index contributed by atoms with van der Waals surface area (Å²) in [5, 5.41) is 4.62. The lowest BCUT2D eigenvalue weighted by Crippen LogP contribution is -2.37. The number of amides is 3. The van der Waals surface area contributed by atoms with E-state index in [1.165, 1.54) is 34.3 Å². The fourth-order valence-electron chi connectivity index (χ4n) is 3.42. The molecular formula is C26H27N3O5S. The highest BCUT2D eigenvalue weighted by Gasteiger charge is 2.22. The second-order valence-electron chi connectivity index (χ2n) is 8.00. The molecule has 0 saturated carbocycles. The minimum Gasteiger partial charge on any atom is -0.452 e. The summed E-state index contributed by atoms with van der Waals surface area (Å²) in [5.74, 6) is -1.89. The van der Waals surface area contributed by atoms with E-state index in [-0.39, 0.29) is 23.9 Å². The third-order valence-corrected chi connectivity index (χ3v) is 6.26. The number of aryl methyl sites for hydroxylation is 2. The molecule has 9 heteroatoms. The zero-order valence-electron chi connectivity index (χ0n) is 20.0. The number of nitrogens with one attached hydrogen (secondary N) is 1. The number of rotatable bonds is 8. The van der Waals surface area contributed by atoms with E-state index in [4.69, 9.17) is 4.74 Å². The molecule has 0 unspecified atom stereocenters. The summed E-state index contributed by atoms with van der Waals surface area (Å²) in [6.45, 7) is 3.04. The van der Waals surface area contributed by atoms with Gasteiger partial charge in [0.25, 0.3) is 11.8 Å². The van der Waals surface area contributed by atoms with Gasteiger partial charge in [0.05, 0.1) is 22.7 Å². The third-order valence-electron chi connectivity index (χ3n) is 5.40. The van der Waals surface area contributed by atoms with Crippen LogP contribution in [-0.4, -0.2) is 55.8 Å². The number of para-hydroxylation sites is 2. The van der Waals surface area contributed by atoms with E-state index in [2.05, 4.69) is 5.32 Å². The lowest BCUT2D eigenvalue weighted by atomic mass is 10.1. The normalized spacial score (nSPS) is 10.4. The first-order valence-electron chi connectivity index (χ1n) is 10.9. The number of carbonyl (C=O) groups is 4. The molecule has 1 heterocycles. The predicted molar refractivity (Wildman–Crippen MR) is 136 cm³/mol. The average Bonchev–Trinajstić information content (AvgIpc) is 3.38. The van der Waals surface area contributed by atoms with Gasteiger partial charge in [0, 0.05) is 19.8 Å². The minimum absolute atomic E-state index is 0.156. The highest BCUT2D eigenvalue weighted by Crippen LogP contribution is 2.23. The van der Waals surface area contributed by atoms with Crippen molar-refractivity contribution in [3.05, 3.63) is 81.5 Å². The first-order chi connectivity index (χ1) is 16.7. The fourth-order valence-corrected chi connectivity index (χ4v) is 4.12. The summed E-state index contributed by atoms with van der Waals surface area (Å²) in [6, 6.07) is 15.7. The largest absolute Gasteiger partial charge is 0.452 e. The van der Waals surface area contributed by atoms with Crippen LogP contribution < -0.4 is 10.2 Å². The van der Waals surface area contributed by atoms with Crippen LogP contribution in [0.1, 0.15) is 31.2 Å². The van der Waals surface area contributed by atoms with Crippen LogP contribution >= 0.6 is 11.3 Å². The summed E-state index contributed by atoms with van der Waals surface area (Å²) in [4.78, 5) is 53.4. The van der Waals surface area contributed by atoms with E-state index >= 15 is 0 Å². The van der Waals surface area contributed by atoms with Crippen LogP contribution in [0.4, 0.5) is 11.4 Å². The topological polar surface area (TPSA) is 96.0 Å². The Morgan fingerprint density at radius 2 is 1.60 bits per heavy atom. The zero-order valence-corrected chi connectivity index (χ0v) is 20.8. The maximum Gasteiger partial charge on any atom is 0.340 e. The average molecular weight is 494 g/mol. The lowest BCUT2D eigenvalue weighted by Gasteiger charge is -2.20. The van der Waals surface area contributed by atoms with Crippen molar-refractivity contribution in [3.63, 3.8) is 0 Å². The van der Waals surface area contributed by atoms with E-state index in [1.54, 1.807) is 42.8 Å². The number of likely N-dealkylation sites (N-methyl/N-ethyl adjacent to an activating group) is 1. The van der Waals surface area contributed by atoms with Gasteiger partial charge in [-0.2, -0.15) is 0 Å². The van der Waals surface area contributed by atoms with Gasteiger partial charge in [0.15, 0.2) is 6.61 Å². The van der Waals surface area contributed by atoms with Crippen molar-refractivity contribution in [3.8, 4) is 0 Å². The van der Waals surface area contributed by atoms with Gasteiger partial charge in [-0.05, 0) is 48.6 Å². The molecule has 0 radical (unpaired) electrons. The van der Waals surface area contributed by atoms with Gasteiger partial charge in [0.2, 0.25) is 5.91 Å². The van der Waals surface area contributed by atoms with Crippen LogP contribution in [0.5, 0.6) is 0 Å². The smallest absolute Gasteiger partial charge is 0.340 e. The number of esters is 1. The van der Waals surface area contributed by atoms with Crippen LogP contribution in [0, 0.1) is 13.8 Å². The monoisotopic (exact) mass is 493 g/mol. The Labute approximate surface area is 208 Å². The van der Waals surface area contributed by atoms with Crippen molar-refractivity contribution in [1.29, 1.82) is 0 Å². The van der Waals surface area contributed by atoms with Crippen molar-refractivity contribution in [2.75, 3.05) is 37.5 Å². The van der Waals surface area contributed by atoms with Gasteiger partial charge >= 0.3 is 5.97 Å². The molecule has 3 amide bonds. The molecule has 2 aromatic carbocycles. The predicted octanol–water partition coefficient (Wildman–Crippen LogP) is 3.90. The molecule has 0 saturated heterocycles. The highest BCUT2D eigenvalue weighted by molar-refractivity contribution is 7.12. The molecular weight excluding hydrogens is 466 g/mol. The Balaban J connectivity index is 1.59. The molecule has 3 aromatic rings. The van der Waals surface area contributed by atoms with Crippen LogP contribution in [0.2, 0.25) is 0 Å². The molecule has 0 spiro atoms. The molecule has 3 rings (SSSR count). The molecule has 0 fully saturated rings. The van der Waals surface area contributed by atoms with Crippen molar-refractivity contribution >= 4 is 46.4 Å². The Hall–Kier alpha value is -3.98. The van der Waals surface area contributed by atoms with Gasteiger partial charge in [-0.15, -0.1) is 11.3 Å². The quantitative estimate of drug-likeness (QED) is 0.480. The Kier molecular flexibility index (Phi) is 8.38. The number of hydrogen-bond donors (Lipinski definition) is 1. The molecule has 35 heavy (non-hydrogen) atoms. The van der Waals surface area contributed by atoms with E-state index in [9.17, 15) is 19.2 Å². The first-order valence-corrected chi connectivity index (χ1v) is 11.7. The van der Waals surface area contributed by atoms with Gasteiger partial charge in [-0.3, -0.25) is 14.4 Å². The number of hydrogen-bond acceptors (Lipinski definition) is 6. The van der Waals surface area contributed by atoms with Crippen molar-refractivity contribution in [2.24, 2.45) is 0 Å². The van der Waals surface area contributed by atoms with Gasteiger partial charge in [-0.1, -0.05) is 36.4 Å². The zero-order chi connectivity index (χ0) is 25.5. The highest BCUT2D eigenvalue weighted by atomic mass is 32.1. The number of ether oxygens (including phenoxy) is 1. The summed E-state index contributed by atoms with van der Waals surface area (Å²) in [7, 11) is 3.03. The Bertz CT molecular complexity index is 1220. The van der Waals surface area contributed by atoms with Gasteiger partial charge in [0.1, 0.15) is 0 Å². The molecule has 0 atom stereocenters. The third kappa shape index (κ3) is 6.33. The molecule has 182 valence electrons. The van der Waals surface area contributed by atoms with Crippen molar-refractivity contribution < 1.29 is 23.9 Å². The van der Waals surface area contributed by atoms with E-state index in [0.717, 1.165) is 11.1 Å².